The van der Waals surface area contributed by atoms with Gasteiger partial charge in [-0.3, -0.25) is 4.79 Å². The van der Waals surface area contributed by atoms with E-state index in [4.69, 9.17) is 0 Å². The predicted molar refractivity (Wildman–Crippen MR) is 84.9 cm³/mol. The number of sulfonamides is 1. The lowest BCUT2D eigenvalue weighted by atomic mass is 10.2. The van der Waals surface area contributed by atoms with Crippen molar-refractivity contribution in [3.05, 3.63) is 29.8 Å². The summed E-state index contributed by atoms with van der Waals surface area (Å²) in [4.78, 5) is 11.3. The van der Waals surface area contributed by atoms with Gasteiger partial charge in [-0.05, 0) is 37.8 Å². The number of methoxy groups -OCH3 is 1. The number of hydrogen-bond acceptors (Lipinski definition) is 5. The van der Waals surface area contributed by atoms with E-state index in [1.165, 1.54) is 19.2 Å². The first-order valence-electron chi connectivity index (χ1n) is 6.41. The highest BCUT2D eigenvalue weighted by Gasteiger charge is 2.21. The summed E-state index contributed by atoms with van der Waals surface area (Å²) >= 11 is 1.60. The molecule has 0 atom stereocenters. The van der Waals surface area contributed by atoms with Gasteiger partial charge < -0.3 is 4.74 Å². The van der Waals surface area contributed by atoms with E-state index in [-0.39, 0.29) is 22.0 Å². The van der Waals surface area contributed by atoms with Crippen molar-refractivity contribution < 1.29 is 17.9 Å². The van der Waals surface area contributed by atoms with Crippen LogP contribution < -0.4 is 4.72 Å². The Morgan fingerprint density at radius 3 is 2.33 bits per heavy atom. The van der Waals surface area contributed by atoms with Gasteiger partial charge in [-0.25, -0.2) is 13.1 Å². The van der Waals surface area contributed by atoms with Crippen molar-refractivity contribution >= 4 is 27.8 Å². The Labute approximate surface area is 130 Å². The number of esters is 1. The molecule has 0 aromatic heterocycles. The first kappa shape index (κ1) is 18.0. The van der Waals surface area contributed by atoms with E-state index in [9.17, 15) is 13.2 Å². The van der Waals surface area contributed by atoms with E-state index in [1.54, 1.807) is 23.9 Å². The topological polar surface area (TPSA) is 72.5 Å². The first-order chi connectivity index (χ1) is 9.70. The Hall–Kier alpha value is -1.05. The van der Waals surface area contributed by atoms with Gasteiger partial charge in [0.05, 0.1) is 18.4 Å². The number of nitrogens with one attached hydrogen (secondary N) is 1. The van der Waals surface area contributed by atoms with Crippen molar-refractivity contribution in [2.45, 2.75) is 29.9 Å². The minimum absolute atomic E-state index is 0.129. The average molecular weight is 331 g/mol. The van der Waals surface area contributed by atoms with Gasteiger partial charge >= 0.3 is 5.97 Å². The van der Waals surface area contributed by atoms with Crippen molar-refractivity contribution in [2.24, 2.45) is 0 Å². The zero-order valence-electron chi connectivity index (χ0n) is 12.7. The molecule has 0 amide bonds. The van der Waals surface area contributed by atoms with Crippen LogP contribution in [0.15, 0.2) is 29.2 Å². The lowest BCUT2D eigenvalue weighted by Crippen LogP contribution is -2.36. The number of benzene rings is 1. The van der Waals surface area contributed by atoms with Crippen molar-refractivity contribution in [1.29, 1.82) is 0 Å². The second kappa shape index (κ2) is 7.29. The molecular weight excluding hydrogens is 310 g/mol. The maximum atomic E-state index is 12.2. The highest BCUT2D eigenvalue weighted by atomic mass is 32.2. The molecule has 0 unspecified atom stereocenters. The molecule has 118 valence electrons. The molecule has 0 aliphatic carbocycles. The number of carbonyl (C=O) groups excluding carboxylic acids is 1. The first-order valence-corrected chi connectivity index (χ1v) is 9.11. The van der Waals surface area contributed by atoms with Gasteiger partial charge in [-0.1, -0.05) is 12.1 Å². The van der Waals surface area contributed by atoms with Crippen LogP contribution in [0.25, 0.3) is 0 Å². The van der Waals surface area contributed by atoms with E-state index in [0.717, 1.165) is 0 Å². The van der Waals surface area contributed by atoms with Crippen LogP contribution in [0.2, 0.25) is 0 Å². The minimum Gasteiger partial charge on any atom is -0.469 e. The summed E-state index contributed by atoms with van der Waals surface area (Å²) in [6, 6.07) is 6.22. The molecule has 0 radical (unpaired) electrons. The standard InChI is InChI=1S/C14H21NO4S2/c1-14(2,20-4)10-15-21(17,18)12-7-5-11(6-8-12)9-13(16)19-3/h5-8,15H,9-10H2,1-4H3. The fourth-order valence-electron chi connectivity index (χ4n) is 1.45. The van der Waals surface area contributed by atoms with Crippen molar-refractivity contribution in [2.75, 3.05) is 19.9 Å². The molecule has 1 N–H and O–H groups in total. The molecule has 0 aliphatic heterocycles. The van der Waals surface area contributed by atoms with Crippen LogP contribution in [0, 0.1) is 0 Å². The van der Waals surface area contributed by atoms with Gasteiger partial charge in [0, 0.05) is 11.3 Å². The number of hydrogen-bond donors (Lipinski definition) is 1. The fraction of sp³-hybridized carbons (Fsp3) is 0.500. The van der Waals surface area contributed by atoms with E-state index in [2.05, 4.69) is 9.46 Å². The second-order valence-corrected chi connectivity index (χ2v) is 8.47. The van der Waals surface area contributed by atoms with Crippen LogP contribution in [0.4, 0.5) is 0 Å². The Morgan fingerprint density at radius 1 is 1.29 bits per heavy atom. The number of thioether (sulfide) groups is 1. The maximum absolute atomic E-state index is 12.2. The average Bonchev–Trinajstić information content (AvgIpc) is 2.46. The lowest BCUT2D eigenvalue weighted by Gasteiger charge is -2.22. The predicted octanol–water partition coefficient (Wildman–Crippen LogP) is 1.82. The van der Waals surface area contributed by atoms with Gasteiger partial charge in [-0.15, -0.1) is 0 Å². The smallest absolute Gasteiger partial charge is 0.309 e. The molecule has 1 aromatic carbocycles. The molecule has 7 heteroatoms. The largest absolute Gasteiger partial charge is 0.469 e. The molecule has 1 rings (SSSR count). The molecule has 0 spiro atoms. The summed E-state index contributed by atoms with van der Waals surface area (Å²) < 4.78 is 31.3. The van der Waals surface area contributed by atoms with Crippen LogP contribution in [-0.4, -0.2) is 39.0 Å². The van der Waals surface area contributed by atoms with Crippen LogP contribution in [0.3, 0.4) is 0 Å². The third kappa shape index (κ3) is 5.68. The molecular formula is C14H21NO4S2. The fourth-order valence-corrected chi connectivity index (χ4v) is 2.97. The van der Waals surface area contributed by atoms with Gasteiger partial charge in [0.1, 0.15) is 0 Å². The van der Waals surface area contributed by atoms with E-state index < -0.39 is 10.0 Å². The van der Waals surface area contributed by atoms with Crippen LogP contribution >= 0.6 is 11.8 Å². The van der Waals surface area contributed by atoms with Crippen LogP contribution in [-0.2, 0) is 26.0 Å². The van der Waals surface area contributed by atoms with E-state index in [0.29, 0.717) is 12.1 Å². The van der Waals surface area contributed by atoms with Crippen LogP contribution in [0.5, 0.6) is 0 Å². The number of carbonyl (C=O) groups is 1. The summed E-state index contributed by atoms with van der Waals surface area (Å²) in [6.45, 7) is 4.29. The highest BCUT2D eigenvalue weighted by Crippen LogP contribution is 2.21. The van der Waals surface area contributed by atoms with Crippen molar-refractivity contribution in [1.82, 2.24) is 4.72 Å². The lowest BCUT2D eigenvalue weighted by molar-refractivity contribution is -0.139. The third-order valence-corrected chi connectivity index (χ3v) is 5.72. The highest BCUT2D eigenvalue weighted by molar-refractivity contribution is 8.00. The summed E-state index contributed by atoms with van der Waals surface area (Å²) in [5.41, 5.74) is 0.713. The zero-order valence-corrected chi connectivity index (χ0v) is 14.3. The van der Waals surface area contributed by atoms with E-state index in [1.807, 2.05) is 20.1 Å². The Kier molecular flexibility index (Phi) is 6.24. The summed E-state index contributed by atoms with van der Waals surface area (Å²) in [5.74, 6) is -0.356. The quantitative estimate of drug-likeness (QED) is 0.772. The van der Waals surface area contributed by atoms with Crippen molar-refractivity contribution in [3.63, 3.8) is 0 Å². The van der Waals surface area contributed by atoms with Crippen molar-refractivity contribution in [3.8, 4) is 0 Å². The molecule has 0 fully saturated rings. The SMILES string of the molecule is COC(=O)Cc1ccc(S(=O)(=O)NCC(C)(C)SC)cc1. The summed E-state index contributed by atoms with van der Waals surface area (Å²) in [6.07, 6.45) is 2.07. The molecule has 0 bridgehead atoms. The minimum atomic E-state index is -3.53. The molecule has 1 aromatic rings. The van der Waals surface area contributed by atoms with Crippen LogP contribution in [0.1, 0.15) is 19.4 Å². The Balaban J connectivity index is 2.78. The maximum Gasteiger partial charge on any atom is 0.309 e. The normalized spacial score (nSPS) is 12.2. The molecule has 0 saturated heterocycles. The molecule has 5 nitrogen and oxygen atoms in total. The van der Waals surface area contributed by atoms with Gasteiger partial charge in [0.2, 0.25) is 10.0 Å². The summed E-state index contributed by atoms with van der Waals surface area (Å²) in [7, 11) is -2.22. The van der Waals surface area contributed by atoms with Gasteiger partial charge in [0.15, 0.2) is 0 Å². The van der Waals surface area contributed by atoms with Gasteiger partial charge in [0.25, 0.3) is 0 Å². The molecule has 0 aliphatic rings. The number of ether oxygens (including phenoxy) is 1. The third-order valence-electron chi connectivity index (χ3n) is 3.05. The summed E-state index contributed by atoms with van der Waals surface area (Å²) in [5, 5.41) is 0. The Morgan fingerprint density at radius 2 is 1.86 bits per heavy atom. The monoisotopic (exact) mass is 331 g/mol. The Bertz CT molecular complexity index is 579. The van der Waals surface area contributed by atoms with Gasteiger partial charge in [-0.2, -0.15) is 11.8 Å². The molecule has 21 heavy (non-hydrogen) atoms. The second-order valence-electron chi connectivity index (χ2n) is 5.19. The van der Waals surface area contributed by atoms with E-state index >= 15 is 0 Å². The number of rotatable bonds is 7. The molecule has 0 heterocycles. The zero-order chi connectivity index (χ0) is 16.1. The molecule has 0 saturated carbocycles.